The van der Waals surface area contributed by atoms with Gasteiger partial charge in [0, 0.05) is 12.2 Å². The third-order valence-electron chi connectivity index (χ3n) is 2.13. The SMILES string of the molecule is CCCCc1ccc(C(C)N)nc1. The number of pyridine rings is 1. The van der Waals surface area contributed by atoms with E-state index in [0.717, 1.165) is 12.1 Å². The number of nitrogens with two attached hydrogens (primary N) is 1. The van der Waals surface area contributed by atoms with E-state index >= 15 is 0 Å². The average Bonchev–Trinajstić information content (AvgIpc) is 2.15. The third-order valence-corrected chi connectivity index (χ3v) is 2.13. The second-order valence-electron chi connectivity index (χ2n) is 3.48. The van der Waals surface area contributed by atoms with E-state index in [-0.39, 0.29) is 6.04 Å². The van der Waals surface area contributed by atoms with Gasteiger partial charge in [-0.3, -0.25) is 4.98 Å². The lowest BCUT2D eigenvalue weighted by Gasteiger charge is -2.05. The molecule has 1 heterocycles. The Hall–Kier alpha value is -0.890. The zero-order valence-corrected chi connectivity index (χ0v) is 8.46. The minimum absolute atomic E-state index is 0.0419. The van der Waals surface area contributed by atoms with Gasteiger partial charge in [0.15, 0.2) is 0 Å². The van der Waals surface area contributed by atoms with Crippen molar-refractivity contribution in [2.45, 2.75) is 39.2 Å². The van der Waals surface area contributed by atoms with Crippen molar-refractivity contribution in [2.24, 2.45) is 5.73 Å². The largest absolute Gasteiger partial charge is 0.323 e. The minimum Gasteiger partial charge on any atom is -0.323 e. The molecule has 1 unspecified atom stereocenters. The Labute approximate surface area is 80.2 Å². The van der Waals surface area contributed by atoms with Crippen LogP contribution >= 0.6 is 0 Å². The van der Waals surface area contributed by atoms with Crippen molar-refractivity contribution >= 4 is 0 Å². The van der Waals surface area contributed by atoms with Crippen LogP contribution in [0.3, 0.4) is 0 Å². The van der Waals surface area contributed by atoms with Crippen molar-refractivity contribution < 1.29 is 0 Å². The van der Waals surface area contributed by atoms with Gasteiger partial charge in [-0.05, 0) is 31.4 Å². The van der Waals surface area contributed by atoms with Gasteiger partial charge in [-0.25, -0.2) is 0 Å². The normalized spacial score (nSPS) is 12.8. The highest BCUT2D eigenvalue weighted by molar-refractivity contribution is 5.15. The number of rotatable bonds is 4. The standard InChI is InChI=1S/C11H18N2/c1-3-4-5-10-6-7-11(9(2)12)13-8-10/h6-9H,3-5,12H2,1-2H3. The lowest BCUT2D eigenvalue weighted by atomic mass is 10.1. The Balaban J connectivity index is 2.59. The molecular weight excluding hydrogens is 160 g/mol. The zero-order chi connectivity index (χ0) is 9.68. The first-order valence-electron chi connectivity index (χ1n) is 4.94. The van der Waals surface area contributed by atoms with Crippen molar-refractivity contribution in [2.75, 3.05) is 0 Å². The predicted octanol–water partition coefficient (Wildman–Crippen LogP) is 2.44. The summed E-state index contributed by atoms with van der Waals surface area (Å²) in [6.07, 6.45) is 5.53. The van der Waals surface area contributed by atoms with Gasteiger partial charge in [-0.1, -0.05) is 19.4 Å². The molecule has 0 saturated carbocycles. The van der Waals surface area contributed by atoms with Crippen LogP contribution in [0.4, 0.5) is 0 Å². The van der Waals surface area contributed by atoms with Crippen LogP contribution in [-0.2, 0) is 6.42 Å². The molecule has 72 valence electrons. The molecule has 0 spiro atoms. The molecule has 1 atom stereocenters. The molecule has 0 radical (unpaired) electrons. The average molecular weight is 178 g/mol. The molecule has 0 saturated heterocycles. The summed E-state index contributed by atoms with van der Waals surface area (Å²) in [5, 5.41) is 0. The number of hydrogen-bond acceptors (Lipinski definition) is 2. The van der Waals surface area contributed by atoms with Crippen molar-refractivity contribution in [3.05, 3.63) is 29.6 Å². The number of hydrogen-bond donors (Lipinski definition) is 1. The Bertz CT molecular complexity index is 239. The first-order chi connectivity index (χ1) is 6.24. The van der Waals surface area contributed by atoms with E-state index in [1.807, 2.05) is 19.2 Å². The first-order valence-corrected chi connectivity index (χ1v) is 4.94. The Kier molecular flexibility index (Phi) is 3.90. The molecule has 0 aromatic carbocycles. The topological polar surface area (TPSA) is 38.9 Å². The molecule has 2 N–H and O–H groups in total. The number of unbranched alkanes of at least 4 members (excludes halogenated alkanes) is 1. The van der Waals surface area contributed by atoms with E-state index in [4.69, 9.17) is 5.73 Å². The van der Waals surface area contributed by atoms with Crippen LogP contribution < -0.4 is 5.73 Å². The summed E-state index contributed by atoms with van der Waals surface area (Å²) in [7, 11) is 0. The summed E-state index contributed by atoms with van der Waals surface area (Å²) >= 11 is 0. The number of aromatic nitrogens is 1. The fourth-order valence-electron chi connectivity index (χ4n) is 1.23. The van der Waals surface area contributed by atoms with Gasteiger partial charge in [0.2, 0.25) is 0 Å². The number of aryl methyl sites for hydroxylation is 1. The van der Waals surface area contributed by atoms with Crippen molar-refractivity contribution in [3.63, 3.8) is 0 Å². The summed E-state index contributed by atoms with van der Waals surface area (Å²) in [5.74, 6) is 0. The molecule has 0 aliphatic rings. The zero-order valence-electron chi connectivity index (χ0n) is 8.46. The molecule has 1 aromatic heterocycles. The monoisotopic (exact) mass is 178 g/mol. The maximum Gasteiger partial charge on any atom is 0.0568 e. The number of nitrogens with zero attached hydrogens (tertiary/aromatic N) is 1. The second kappa shape index (κ2) is 4.97. The minimum atomic E-state index is 0.0419. The molecule has 2 nitrogen and oxygen atoms in total. The van der Waals surface area contributed by atoms with Gasteiger partial charge < -0.3 is 5.73 Å². The van der Waals surface area contributed by atoms with Crippen LogP contribution in [0.15, 0.2) is 18.3 Å². The molecule has 0 fully saturated rings. The van der Waals surface area contributed by atoms with Crippen molar-refractivity contribution in [1.29, 1.82) is 0 Å². The van der Waals surface area contributed by atoms with Gasteiger partial charge in [0.1, 0.15) is 0 Å². The summed E-state index contributed by atoms with van der Waals surface area (Å²) in [6.45, 7) is 4.15. The van der Waals surface area contributed by atoms with Crippen molar-refractivity contribution in [1.82, 2.24) is 4.98 Å². The van der Waals surface area contributed by atoms with E-state index < -0.39 is 0 Å². The molecule has 0 bridgehead atoms. The van der Waals surface area contributed by atoms with Crippen LogP contribution in [0.2, 0.25) is 0 Å². The highest BCUT2D eigenvalue weighted by Crippen LogP contribution is 2.08. The van der Waals surface area contributed by atoms with Gasteiger partial charge >= 0.3 is 0 Å². The molecule has 2 heteroatoms. The van der Waals surface area contributed by atoms with Crippen molar-refractivity contribution in [3.8, 4) is 0 Å². The molecule has 0 aliphatic heterocycles. The van der Waals surface area contributed by atoms with E-state index in [1.165, 1.54) is 18.4 Å². The van der Waals surface area contributed by atoms with E-state index in [1.54, 1.807) is 0 Å². The highest BCUT2D eigenvalue weighted by Gasteiger charge is 1.99. The molecule has 1 rings (SSSR count). The summed E-state index contributed by atoms with van der Waals surface area (Å²) in [4.78, 5) is 4.31. The Morgan fingerprint density at radius 1 is 1.46 bits per heavy atom. The molecular formula is C11H18N2. The van der Waals surface area contributed by atoms with E-state index in [9.17, 15) is 0 Å². The lowest BCUT2D eigenvalue weighted by Crippen LogP contribution is -2.07. The molecule has 1 aromatic rings. The van der Waals surface area contributed by atoms with Gasteiger partial charge in [0.25, 0.3) is 0 Å². The third kappa shape index (κ3) is 3.15. The fourth-order valence-corrected chi connectivity index (χ4v) is 1.23. The maximum absolute atomic E-state index is 5.70. The van der Waals surface area contributed by atoms with Crippen LogP contribution in [-0.4, -0.2) is 4.98 Å². The maximum atomic E-state index is 5.70. The van der Waals surface area contributed by atoms with E-state index in [2.05, 4.69) is 18.0 Å². The quantitative estimate of drug-likeness (QED) is 0.769. The molecule has 0 aliphatic carbocycles. The summed E-state index contributed by atoms with van der Waals surface area (Å²) in [5.41, 5.74) is 7.99. The Morgan fingerprint density at radius 2 is 2.23 bits per heavy atom. The molecule has 0 amide bonds. The first kappa shape index (κ1) is 10.2. The van der Waals surface area contributed by atoms with Gasteiger partial charge in [-0.15, -0.1) is 0 Å². The van der Waals surface area contributed by atoms with Crippen LogP contribution in [0.5, 0.6) is 0 Å². The predicted molar refractivity (Wildman–Crippen MR) is 55.5 cm³/mol. The Morgan fingerprint density at radius 3 is 2.69 bits per heavy atom. The van der Waals surface area contributed by atoms with Gasteiger partial charge in [-0.2, -0.15) is 0 Å². The molecule has 13 heavy (non-hydrogen) atoms. The van der Waals surface area contributed by atoms with Gasteiger partial charge in [0.05, 0.1) is 5.69 Å². The summed E-state index contributed by atoms with van der Waals surface area (Å²) in [6, 6.07) is 4.19. The highest BCUT2D eigenvalue weighted by atomic mass is 14.8. The summed E-state index contributed by atoms with van der Waals surface area (Å²) < 4.78 is 0. The van der Waals surface area contributed by atoms with Crippen LogP contribution in [0.1, 0.15) is 44.0 Å². The second-order valence-corrected chi connectivity index (χ2v) is 3.48. The van der Waals surface area contributed by atoms with Crippen LogP contribution in [0, 0.1) is 0 Å². The fraction of sp³-hybridized carbons (Fsp3) is 0.545. The lowest BCUT2D eigenvalue weighted by molar-refractivity contribution is 0.764. The smallest absolute Gasteiger partial charge is 0.0568 e. The van der Waals surface area contributed by atoms with Crippen LogP contribution in [0.25, 0.3) is 0 Å². The van der Waals surface area contributed by atoms with E-state index in [0.29, 0.717) is 0 Å².